The number of likely N-dealkylation sites (N-methyl/N-ethyl adjacent to an activating group) is 1. The molecule has 0 saturated carbocycles. The third kappa shape index (κ3) is 16.7. The lowest BCUT2D eigenvalue weighted by Crippen LogP contribution is -2.39. The highest BCUT2D eigenvalue weighted by Gasteiger charge is 2.29. The molecule has 0 aromatic carbocycles. The Kier molecular flexibility index (Phi) is 16.9. The van der Waals surface area contributed by atoms with Crippen molar-refractivity contribution in [1.29, 1.82) is 0 Å². The molecule has 3 nitrogen and oxygen atoms in total. The lowest BCUT2D eigenvalue weighted by molar-refractivity contribution is -0.861. The number of carbonyl (C=O) groups is 1. The van der Waals surface area contributed by atoms with Crippen molar-refractivity contribution < 1.29 is 14.2 Å². The first-order valence-corrected chi connectivity index (χ1v) is 13.0. The van der Waals surface area contributed by atoms with Crippen LogP contribution in [-0.4, -0.2) is 48.2 Å². The number of unbranched alkanes of at least 4 members (excludes halogenated alkanes) is 11. The quantitative estimate of drug-likeness (QED) is 0.145. The minimum Gasteiger partial charge on any atom is -0.366 e. The maximum atomic E-state index is 12.4. The average molecular weight is 403 g/mol. The Morgan fingerprint density at radius 3 is 1.59 bits per heavy atom. The van der Waals surface area contributed by atoms with E-state index < -0.39 is 8.15 Å². The first kappa shape index (κ1) is 27.0. The molecular formula is C23H49NO2P+. The summed E-state index contributed by atoms with van der Waals surface area (Å²) < 4.78 is 0.607. The molecule has 0 aromatic rings. The van der Waals surface area contributed by atoms with Gasteiger partial charge in [0.2, 0.25) is 5.52 Å². The summed E-state index contributed by atoms with van der Waals surface area (Å²) in [7, 11) is 4.58. The maximum Gasteiger partial charge on any atom is 0.235 e. The van der Waals surface area contributed by atoms with Crippen LogP contribution in [0.25, 0.3) is 0 Å². The van der Waals surface area contributed by atoms with E-state index >= 15 is 0 Å². The summed E-state index contributed by atoms with van der Waals surface area (Å²) in [5, 5.41) is 0. The highest BCUT2D eigenvalue weighted by molar-refractivity contribution is 7.70. The first-order chi connectivity index (χ1) is 12.8. The predicted molar refractivity (Wildman–Crippen MR) is 121 cm³/mol. The van der Waals surface area contributed by atoms with E-state index in [1.165, 1.54) is 77.0 Å². The van der Waals surface area contributed by atoms with Gasteiger partial charge >= 0.3 is 0 Å². The maximum absolute atomic E-state index is 12.4. The average Bonchev–Trinajstić information content (AvgIpc) is 2.59. The second-order valence-electron chi connectivity index (χ2n) is 9.31. The number of hydrogen-bond acceptors (Lipinski definition) is 2. The fraction of sp³-hybridized carbons (Fsp3) is 0.957. The molecular weight excluding hydrogens is 353 g/mol. The molecule has 0 aliphatic heterocycles. The fourth-order valence-corrected chi connectivity index (χ4v) is 5.53. The van der Waals surface area contributed by atoms with E-state index in [1.807, 2.05) is 21.1 Å². The molecule has 0 fully saturated rings. The van der Waals surface area contributed by atoms with Gasteiger partial charge in [0.25, 0.3) is 0 Å². The summed E-state index contributed by atoms with van der Waals surface area (Å²) in [4.78, 5) is 22.9. The Hall–Kier alpha value is 0.0200. The zero-order valence-electron chi connectivity index (χ0n) is 19.1. The first-order valence-electron chi connectivity index (χ1n) is 11.6. The zero-order chi connectivity index (χ0) is 20.5. The van der Waals surface area contributed by atoms with Crippen LogP contribution in [-0.2, 0) is 4.79 Å². The predicted octanol–water partition coefficient (Wildman–Crippen LogP) is 6.87. The van der Waals surface area contributed by atoms with Crippen LogP contribution in [0.4, 0.5) is 0 Å². The van der Waals surface area contributed by atoms with E-state index in [0.29, 0.717) is 11.0 Å². The van der Waals surface area contributed by atoms with Gasteiger partial charge in [0.05, 0.1) is 21.1 Å². The van der Waals surface area contributed by atoms with Crippen molar-refractivity contribution >= 4 is 13.7 Å². The number of carbonyl (C=O) groups excluding carboxylic acids is 1. The summed E-state index contributed by atoms with van der Waals surface area (Å²) >= 11 is 0. The largest absolute Gasteiger partial charge is 0.366 e. The lowest BCUT2D eigenvalue weighted by Gasteiger charge is -2.27. The Morgan fingerprint density at radius 2 is 1.19 bits per heavy atom. The summed E-state index contributed by atoms with van der Waals surface area (Å²) in [6.45, 7) is 4.87. The van der Waals surface area contributed by atoms with Crippen molar-refractivity contribution in [2.75, 3.05) is 27.7 Å². The zero-order valence-corrected chi connectivity index (χ0v) is 20.0. The SMILES string of the molecule is CCCCCCCCCCCCCCC(CCC)P(O)C(=O)C[N+](C)(C)C. The van der Waals surface area contributed by atoms with Gasteiger partial charge in [-0.2, -0.15) is 0 Å². The Balaban J connectivity index is 3.80. The van der Waals surface area contributed by atoms with E-state index in [9.17, 15) is 9.69 Å². The molecule has 27 heavy (non-hydrogen) atoms. The monoisotopic (exact) mass is 402 g/mol. The van der Waals surface area contributed by atoms with Gasteiger partial charge < -0.3 is 9.38 Å². The molecule has 1 N–H and O–H groups in total. The molecule has 0 heterocycles. The molecule has 2 unspecified atom stereocenters. The second-order valence-corrected chi connectivity index (χ2v) is 11.2. The topological polar surface area (TPSA) is 37.3 Å². The van der Waals surface area contributed by atoms with E-state index in [-0.39, 0.29) is 11.2 Å². The highest BCUT2D eigenvalue weighted by Crippen LogP contribution is 2.43. The Morgan fingerprint density at radius 1 is 0.741 bits per heavy atom. The molecule has 0 spiro atoms. The number of quaternary nitrogens is 1. The van der Waals surface area contributed by atoms with Crippen LogP contribution in [0.1, 0.15) is 110 Å². The van der Waals surface area contributed by atoms with Gasteiger partial charge in [-0.05, 0) is 12.8 Å². The van der Waals surface area contributed by atoms with Gasteiger partial charge in [-0.25, -0.2) is 0 Å². The van der Waals surface area contributed by atoms with Crippen molar-refractivity contribution in [3.05, 3.63) is 0 Å². The highest BCUT2D eigenvalue weighted by atomic mass is 31.1. The molecule has 0 rings (SSSR count). The standard InChI is InChI=1S/C23H49NO2P/c1-6-8-9-10-11-12-13-14-15-16-17-18-20-22(19-7-2)27(26)23(25)21-24(3,4)5/h22,26H,6-21H2,1-5H3/q+1. The molecule has 0 bridgehead atoms. The van der Waals surface area contributed by atoms with E-state index in [0.717, 1.165) is 19.3 Å². The van der Waals surface area contributed by atoms with Gasteiger partial charge in [-0.3, -0.25) is 4.79 Å². The smallest absolute Gasteiger partial charge is 0.235 e. The molecule has 2 atom stereocenters. The van der Waals surface area contributed by atoms with Crippen LogP contribution >= 0.6 is 8.15 Å². The van der Waals surface area contributed by atoms with Crippen LogP contribution in [0, 0.1) is 0 Å². The fourth-order valence-electron chi connectivity index (χ4n) is 3.62. The molecule has 0 aliphatic carbocycles. The summed E-state index contributed by atoms with van der Waals surface area (Å²) in [6, 6.07) is 0. The number of rotatable bonds is 19. The van der Waals surface area contributed by atoms with E-state index in [4.69, 9.17) is 0 Å². The molecule has 0 radical (unpaired) electrons. The Bertz CT molecular complexity index is 355. The minimum atomic E-state index is -1.47. The minimum absolute atomic E-state index is 0.0786. The van der Waals surface area contributed by atoms with Crippen LogP contribution in [0.15, 0.2) is 0 Å². The third-order valence-electron chi connectivity index (χ3n) is 5.22. The molecule has 0 saturated heterocycles. The summed E-state index contributed by atoms with van der Waals surface area (Å²) in [6.07, 6.45) is 19.3. The van der Waals surface area contributed by atoms with Crippen molar-refractivity contribution in [2.45, 2.75) is 116 Å². The van der Waals surface area contributed by atoms with Crippen molar-refractivity contribution in [2.24, 2.45) is 0 Å². The second kappa shape index (κ2) is 16.9. The van der Waals surface area contributed by atoms with Crippen LogP contribution in [0.3, 0.4) is 0 Å². The number of hydrogen-bond donors (Lipinski definition) is 1. The van der Waals surface area contributed by atoms with Gasteiger partial charge in [0.15, 0.2) is 0 Å². The van der Waals surface area contributed by atoms with Crippen LogP contribution < -0.4 is 0 Å². The van der Waals surface area contributed by atoms with Crippen molar-refractivity contribution in [3.63, 3.8) is 0 Å². The van der Waals surface area contributed by atoms with E-state index in [1.54, 1.807) is 0 Å². The van der Waals surface area contributed by atoms with Crippen molar-refractivity contribution in [1.82, 2.24) is 0 Å². The Labute approximate surface area is 171 Å². The van der Waals surface area contributed by atoms with Crippen LogP contribution in [0.2, 0.25) is 0 Å². The van der Waals surface area contributed by atoms with Gasteiger partial charge in [0.1, 0.15) is 14.7 Å². The summed E-state index contributed by atoms with van der Waals surface area (Å²) in [5.41, 5.74) is 0.294. The number of nitrogens with zero attached hydrogens (tertiary/aromatic N) is 1. The third-order valence-corrected chi connectivity index (χ3v) is 7.08. The molecule has 0 amide bonds. The van der Waals surface area contributed by atoms with E-state index in [2.05, 4.69) is 13.8 Å². The lowest BCUT2D eigenvalue weighted by atomic mass is 10.0. The van der Waals surface area contributed by atoms with Gasteiger partial charge in [-0.15, -0.1) is 0 Å². The summed E-state index contributed by atoms with van der Waals surface area (Å²) in [5.74, 6) is 0. The normalized spacial score (nSPS) is 14.3. The van der Waals surface area contributed by atoms with Gasteiger partial charge in [0, 0.05) is 5.66 Å². The van der Waals surface area contributed by atoms with Crippen LogP contribution in [0.5, 0.6) is 0 Å². The molecule has 4 heteroatoms. The molecule has 0 aliphatic rings. The molecule has 0 aromatic heterocycles. The molecule has 162 valence electrons. The van der Waals surface area contributed by atoms with Crippen molar-refractivity contribution in [3.8, 4) is 0 Å². The van der Waals surface area contributed by atoms with Gasteiger partial charge in [-0.1, -0.05) is 97.3 Å².